The van der Waals surface area contributed by atoms with E-state index in [2.05, 4.69) is 6.92 Å². The number of carbonyl (C=O) groups excluding carboxylic acids is 2. The Labute approximate surface area is 172 Å². The fraction of sp³-hybridized carbons (Fsp3) is 0.440. The van der Waals surface area contributed by atoms with Gasteiger partial charge in [0.2, 0.25) is 0 Å². The first-order valence-corrected chi connectivity index (χ1v) is 10.6. The number of benzene rings is 2. The van der Waals surface area contributed by atoms with Crippen molar-refractivity contribution in [1.29, 1.82) is 0 Å². The third-order valence-corrected chi connectivity index (χ3v) is 6.55. The number of fused-ring (bicyclic) bond motifs is 2. The number of nitrogens with zero attached hydrogens (tertiary/aromatic N) is 1. The molecule has 1 amide bonds. The molecule has 2 fully saturated rings. The van der Waals surface area contributed by atoms with E-state index in [1.165, 1.54) is 5.56 Å². The summed E-state index contributed by atoms with van der Waals surface area (Å²) in [6, 6.07) is 16.0. The maximum atomic E-state index is 13.1. The Morgan fingerprint density at radius 3 is 2.31 bits per heavy atom. The summed E-state index contributed by atoms with van der Waals surface area (Å²) < 4.78 is 5.62. The standard InChI is InChI=1S/C25H29NO3/c1-17-11-12-20(13-18(17)2)24(27)21-14-22-9-6-10-23(15-21)26(22)25(28)29-16-19-7-4-3-5-8-19/h3-5,7-8,11-13,21-23H,6,9-10,14-16H2,1-2H3. The number of hydrogen-bond acceptors (Lipinski definition) is 3. The van der Waals surface area contributed by atoms with Crippen molar-refractivity contribution in [3.8, 4) is 0 Å². The molecule has 2 heterocycles. The number of carbonyl (C=O) groups is 2. The zero-order chi connectivity index (χ0) is 20.4. The molecule has 2 saturated heterocycles. The van der Waals surface area contributed by atoms with E-state index in [4.69, 9.17) is 4.74 Å². The second-order valence-electron chi connectivity index (χ2n) is 8.52. The largest absolute Gasteiger partial charge is 0.445 e. The zero-order valence-corrected chi connectivity index (χ0v) is 17.3. The van der Waals surface area contributed by atoms with Gasteiger partial charge in [0.1, 0.15) is 6.61 Å². The number of ketones is 1. The van der Waals surface area contributed by atoms with Crippen molar-refractivity contribution in [3.63, 3.8) is 0 Å². The lowest BCUT2D eigenvalue weighted by Crippen LogP contribution is -2.55. The first-order valence-electron chi connectivity index (χ1n) is 10.6. The van der Waals surface area contributed by atoms with Crippen molar-refractivity contribution < 1.29 is 14.3 Å². The Bertz CT molecular complexity index is 878. The Morgan fingerprint density at radius 1 is 0.966 bits per heavy atom. The quantitative estimate of drug-likeness (QED) is 0.651. The minimum absolute atomic E-state index is 0.00872. The molecule has 2 atom stereocenters. The topological polar surface area (TPSA) is 46.6 Å². The molecule has 0 N–H and O–H groups in total. The smallest absolute Gasteiger partial charge is 0.410 e. The first kappa shape index (κ1) is 19.7. The van der Waals surface area contributed by atoms with Crippen LogP contribution in [-0.4, -0.2) is 28.9 Å². The van der Waals surface area contributed by atoms with Crippen LogP contribution in [0.2, 0.25) is 0 Å². The molecule has 4 nitrogen and oxygen atoms in total. The van der Waals surface area contributed by atoms with Crippen LogP contribution in [0.3, 0.4) is 0 Å². The molecule has 2 aliphatic rings. The number of ether oxygens (including phenoxy) is 1. The fourth-order valence-electron chi connectivity index (χ4n) is 4.82. The van der Waals surface area contributed by atoms with Gasteiger partial charge >= 0.3 is 6.09 Å². The second-order valence-corrected chi connectivity index (χ2v) is 8.52. The molecule has 0 spiro atoms. The van der Waals surface area contributed by atoms with Crippen molar-refractivity contribution in [3.05, 3.63) is 70.8 Å². The number of hydrogen-bond donors (Lipinski definition) is 0. The van der Waals surface area contributed by atoms with Crippen molar-refractivity contribution in [2.75, 3.05) is 0 Å². The molecule has 152 valence electrons. The molecular formula is C25H29NO3. The summed E-state index contributed by atoms with van der Waals surface area (Å²) in [7, 11) is 0. The summed E-state index contributed by atoms with van der Waals surface area (Å²) in [5, 5.41) is 0. The first-order chi connectivity index (χ1) is 14.0. The SMILES string of the molecule is Cc1ccc(C(=O)C2CC3CCCC(C2)N3C(=O)OCc2ccccc2)cc1C. The van der Waals surface area contributed by atoms with Crippen LogP contribution in [-0.2, 0) is 11.3 Å². The van der Waals surface area contributed by atoms with Crippen molar-refractivity contribution in [2.45, 2.75) is 64.6 Å². The monoisotopic (exact) mass is 391 g/mol. The lowest BCUT2D eigenvalue weighted by Gasteiger charge is -2.47. The molecule has 2 aromatic carbocycles. The van der Waals surface area contributed by atoms with Gasteiger partial charge in [-0.1, -0.05) is 42.5 Å². The summed E-state index contributed by atoms with van der Waals surface area (Å²) >= 11 is 0. The van der Waals surface area contributed by atoms with Crippen molar-refractivity contribution in [2.24, 2.45) is 5.92 Å². The van der Waals surface area contributed by atoms with Gasteiger partial charge in [0.25, 0.3) is 0 Å². The van der Waals surface area contributed by atoms with Gasteiger partial charge in [-0.3, -0.25) is 4.79 Å². The lowest BCUT2D eigenvalue weighted by molar-refractivity contribution is 0.00473. The second kappa shape index (κ2) is 8.40. The molecule has 2 aliphatic heterocycles. The maximum Gasteiger partial charge on any atom is 0.410 e. The van der Waals surface area contributed by atoms with E-state index < -0.39 is 0 Å². The third kappa shape index (κ3) is 4.21. The highest BCUT2D eigenvalue weighted by atomic mass is 16.6. The Kier molecular flexibility index (Phi) is 5.70. The third-order valence-electron chi connectivity index (χ3n) is 6.55. The van der Waals surface area contributed by atoms with E-state index in [-0.39, 0.29) is 29.9 Å². The van der Waals surface area contributed by atoms with E-state index in [9.17, 15) is 9.59 Å². The number of aryl methyl sites for hydroxylation is 2. The van der Waals surface area contributed by atoms with Gasteiger partial charge in [-0.2, -0.15) is 0 Å². The lowest BCUT2D eigenvalue weighted by atomic mass is 9.75. The molecule has 4 heteroatoms. The normalized spacial score (nSPS) is 23.5. The fourth-order valence-corrected chi connectivity index (χ4v) is 4.82. The molecule has 29 heavy (non-hydrogen) atoms. The Hall–Kier alpha value is -2.62. The average Bonchev–Trinajstić information content (AvgIpc) is 2.73. The van der Waals surface area contributed by atoms with E-state index >= 15 is 0 Å². The average molecular weight is 392 g/mol. The van der Waals surface area contributed by atoms with Crippen molar-refractivity contribution in [1.82, 2.24) is 4.90 Å². The highest BCUT2D eigenvalue weighted by Crippen LogP contribution is 2.39. The number of amides is 1. The number of piperidine rings is 2. The van der Waals surface area contributed by atoms with Gasteiger partial charge in [-0.25, -0.2) is 4.79 Å². The van der Waals surface area contributed by atoms with Crippen LogP contribution in [0.1, 0.15) is 59.2 Å². The van der Waals surface area contributed by atoms with Crippen molar-refractivity contribution >= 4 is 11.9 Å². The molecule has 0 radical (unpaired) electrons. The number of Topliss-reactive ketones (excluding diaryl/α,β-unsaturated/α-hetero) is 1. The Morgan fingerprint density at radius 2 is 1.66 bits per heavy atom. The van der Waals surface area contributed by atoms with Gasteiger partial charge < -0.3 is 9.64 Å². The summed E-state index contributed by atoms with van der Waals surface area (Å²) in [5.74, 6) is 0.216. The van der Waals surface area contributed by atoms with Gasteiger partial charge in [-0.05, 0) is 68.7 Å². The summed E-state index contributed by atoms with van der Waals surface area (Å²) in [5.41, 5.74) is 4.15. The molecule has 0 aromatic heterocycles. The van der Waals surface area contributed by atoms with Crippen LogP contribution in [0, 0.1) is 19.8 Å². The highest BCUT2D eigenvalue weighted by Gasteiger charge is 2.43. The summed E-state index contributed by atoms with van der Waals surface area (Å²) in [4.78, 5) is 27.9. The molecule has 0 saturated carbocycles. The summed E-state index contributed by atoms with van der Waals surface area (Å²) in [6.07, 6.45) is 4.26. The molecule has 0 aliphatic carbocycles. The predicted octanol–water partition coefficient (Wildman–Crippen LogP) is 5.46. The molecule has 2 aromatic rings. The van der Waals surface area contributed by atoms with Gasteiger partial charge in [0.05, 0.1) is 0 Å². The minimum atomic E-state index is -0.236. The van der Waals surface area contributed by atoms with Crippen LogP contribution in [0.5, 0.6) is 0 Å². The van der Waals surface area contributed by atoms with Gasteiger partial charge in [0.15, 0.2) is 5.78 Å². The van der Waals surface area contributed by atoms with E-state index in [1.54, 1.807) is 0 Å². The molecule has 4 rings (SSSR count). The van der Waals surface area contributed by atoms with E-state index in [1.807, 2.05) is 60.4 Å². The van der Waals surface area contributed by atoms with Crippen LogP contribution in [0.25, 0.3) is 0 Å². The highest BCUT2D eigenvalue weighted by molar-refractivity contribution is 5.98. The van der Waals surface area contributed by atoms with E-state index in [0.29, 0.717) is 6.61 Å². The molecule has 2 bridgehead atoms. The van der Waals surface area contributed by atoms with Gasteiger partial charge in [-0.15, -0.1) is 0 Å². The minimum Gasteiger partial charge on any atom is -0.445 e. The van der Waals surface area contributed by atoms with Crippen LogP contribution in [0.15, 0.2) is 48.5 Å². The predicted molar refractivity (Wildman–Crippen MR) is 113 cm³/mol. The number of rotatable bonds is 4. The van der Waals surface area contributed by atoms with Crippen LogP contribution < -0.4 is 0 Å². The molecular weight excluding hydrogens is 362 g/mol. The van der Waals surface area contributed by atoms with Crippen LogP contribution in [0.4, 0.5) is 4.79 Å². The van der Waals surface area contributed by atoms with E-state index in [0.717, 1.165) is 48.8 Å². The maximum absolute atomic E-state index is 13.1. The van der Waals surface area contributed by atoms with Gasteiger partial charge in [0, 0.05) is 23.6 Å². The molecule has 2 unspecified atom stereocenters. The van der Waals surface area contributed by atoms with Crippen LogP contribution >= 0.6 is 0 Å². The Balaban J connectivity index is 1.43. The summed E-state index contributed by atoms with van der Waals surface area (Å²) in [6.45, 7) is 4.40. The zero-order valence-electron chi connectivity index (χ0n) is 17.3.